The number of non-ortho nitro benzene ring substituents is 1. The SMILES string of the molecule is CC(C(=O)Nc1ccc([N+](=O)[O-])cc1)N1CCN(c2ccc(O)cc2)CC1. The van der Waals surface area contributed by atoms with Crippen molar-refractivity contribution in [1.82, 2.24) is 4.90 Å². The first-order valence-electron chi connectivity index (χ1n) is 8.77. The van der Waals surface area contributed by atoms with Crippen LogP contribution in [0.2, 0.25) is 0 Å². The number of anilines is 2. The highest BCUT2D eigenvalue weighted by Gasteiger charge is 2.25. The quantitative estimate of drug-likeness (QED) is 0.620. The Morgan fingerprint density at radius 3 is 2.22 bits per heavy atom. The van der Waals surface area contributed by atoms with Gasteiger partial charge in [-0.3, -0.25) is 19.8 Å². The molecule has 1 unspecified atom stereocenters. The third kappa shape index (κ3) is 4.53. The van der Waals surface area contributed by atoms with Crippen LogP contribution < -0.4 is 10.2 Å². The third-order valence-electron chi connectivity index (χ3n) is 4.80. The number of nitrogens with one attached hydrogen (secondary N) is 1. The fraction of sp³-hybridized carbons (Fsp3) is 0.316. The molecule has 0 saturated carbocycles. The summed E-state index contributed by atoms with van der Waals surface area (Å²) in [7, 11) is 0. The molecule has 1 fully saturated rings. The van der Waals surface area contributed by atoms with Crippen molar-refractivity contribution in [3.8, 4) is 5.75 Å². The maximum absolute atomic E-state index is 12.5. The van der Waals surface area contributed by atoms with Crippen molar-refractivity contribution in [3.05, 3.63) is 58.6 Å². The molecular weight excluding hydrogens is 348 g/mol. The van der Waals surface area contributed by atoms with E-state index in [1.165, 1.54) is 24.3 Å². The third-order valence-corrected chi connectivity index (χ3v) is 4.80. The number of hydrogen-bond acceptors (Lipinski definition) is 6. The molecule has 2 aromatic carbocycles. The van der Waals surface area contributed by atoms with Crippen molar-refractivity contribution < 1.29 is 14.8 Å². The van der Waals surface area contributed by atoms with E-state index in [1.54, 1.807) is 12.1 Å². The second-order valence-electron chi connectivity index (χ2n) is 6.51. The van der Waals surface area contributed by atoms with Gasteiger partial charge in [0.25, 0.3) is 5.69 Å². The number of carbonyl (C=O) groups is 1. The number of nitrogens with zero attached hydrogens (tertiary/aromatic N) is 3. The summed E-state index contributed by atoms with van der Waals surface area (Å²) in [6, 6.07) is 12.6. The van der Waals surface area contributed by atoms with E-state index in [9.17, 15) is 20.0 Å². The highest BCUT2D eigenvalue weighted by molar-refractivity contribution is 5.94. The molecule has 27 heavy (non-hydrogen) atoms. The zero-order valence-corrected chi connectivity index (χ0v) is 15.0. The van der Waals surface area contributed by atoms with E-state index in [1.807, 2.05) is 19.1 Å². The molecule has 1 amide bonds. The van der Waals surface area contributed by atoms with Crippen molar-refractivity contribution in [1.29, 1.82) is 0 Å². The number of benzene rings is 2. The van der Waals surface area contributed by atoms with Crippen LogP contribution in [0.5, 0.6) is 5.75 Å². The maximum atomic E-state index is 12.5. The van der Waals surface area contributed by atoms with Crippen LogP contribution >= 0.6 is 0 Å². The number of rotatable bonds is 5. The molecule has 0 aromatic heterocycles. The van der Waals surface area contributed by atoms with E-state index < -0.39 is 4.92 Å². The van der Waals surface area contributed by atoms with Crippen LogP contribution in [-0.2, 0) is 4.79 Å². The van der Waals surface area contributed by atoms with E-state index >= 15 is 0 Å². The maximum Gasteiger partial charge on any atom is 0.269 e. The Hall–Kier alpha value is -3.13. The fourth-order valence-electron chi connectivity index (χ4n) is 3.11. The molecule has 0 aliphatic carbocycles. The van der Waals surface area contributed by atoms with Gasteiger partial charge in [0, 0.05) is 49.7 Å². The standard InChI is InChI=1S/C19H22N4O4/c1-14(19(25)20-15-2-4-17(5-3-15)23(26)27)21-10-12-22(13-11-21)16-6-8-18(24)9-7-16/h2-9,14,24H,10-13H2,1H3,(H,20,25). The topological polar surface area (TPSA) is 98.9 Å². The van der Waals surface area contributed by atoms with Gasteiger partial charge < -0.3 is 15.3 Å². The van der Waals surface area contributed by atoms with Gasteiger partial charge in [-0.25, -0.2) is 0 Å². The van der Waals surface area contributed by atoms with Crippen LogP contribution in [0.3, 0.4) is 0 Å². The monoisotopic (exact) mass is 370 g/mol. The summed E-state index contributed by atoms with van der Waals surface area (Å²) in [6.07, 6.45) is 0. The predicted molar refractivity (Wildman–Crippen MR) is 103 cm³/mol. The molecule has 8 heteroatoms. The zero-order chi connectivity index (χ0) is 19.4. The lowest BCUT2D eigenvalue weighted by molar-refractivity contribution is -0.384. The number of phenolic OH excluding ortho intramolecular Hbond substituents is 1. The minimum atomic E-state index is -0.470. The van der Waals surface area contributed by atoms with E-state index in [4.69, 9.17) is 0 Å². The normalized spacial score (nSPS) is 16.0. The van der Waals surface area contributed by atoms with Crippen molar-refractivity contribution >= 4 is 23.0 Å². The molecule has 2 aromatic rings. The summed E-state index contributed by atoms with van der Waals surface area (Å²) in [5.74, 6) is 0.107. The molecule has 8 nitrogen and oxygen atoms in total. The lowest BCUT2D eigenvalue weighted by atomic mass is 10.2. The van der Waals surface area contributed by atoms with Crippen LogP contribution in [0.15, 0.2) is 48.5 Å². The lowest BCUT2D eigenvalue weighted by Gasteiger charge is -2.38. The van der Waals surface area contributed by atoms with Gasteiger partial charge in [-0.1, -0.05) is 0 Å². The Morgan fingerprint density at radius 2 is 1.67 bits per heavy atom. The Morgan fingerprint density at radius 1 is 1.07 bits per heavy atom. The molecule has 0 bridgehead atoms. The number of aromatic hydroxyl groups is 1. The summed E-state index contributed by atoms with van der Waals surface area (Å²) in [5, 5.41) is 22.9. The zero-order valence-electron chi connectivity index (χ0n) is 15.0. The first-order chi connectivity index (χ1) is 12.9. The summed E-state index contributed by atoms with van der Waals surface area (Å²) in [6.45, 7) is 4.93. The molecule has 0 radical (unpaired) electrons. The first kappa shape index (κ1) is 18.7. The van der Waals surface area contributed by atoms with Gasteiger partial charge in [-0.05, 0) is 43.3 Å². The summed E-state index contributed by atoms with van der Waals surface area (Å²) in [4.78, 5) is 27.0. The van der Waals surface area contributed by atoms with Crippen molar-refractivity contribution in [3.63, 3.8) is 0 Å². The number of piperazine rings is 1. The van der Waals surface area contributed by atoms with Gasteiger partial charge in [-0.2, -0.15) is 0 Å². The minimum absolute atomic E-state index is 0.00796. The van der Waals surface area contributed by atoms with Gasteiger partial charge in [0.15, 0.2) is 0 Å². The highest BCUT2D eigenvalue weighted by Crippen LogP contribution is 2.21. The second-order valence-corrected chi connectivity index (χ2v) is 6.51. The van der Waals surface area contributed by atoms with Gasteiger partial charge >= 0.3 is 0 Å². The Balaban J connectivity index is 1.53. The molecule has 0 spiro atoms. The molecule has 1 aliphatic heterocycles. The summed E-state index contributed by atoms with van der Waals surface area (Å²) < 4.78 is 0. The molecule has 142 valence electrons. The van der Waals surface area contributed by atoms with Crippen LogP contribution in [0.25, 0.3) is 0 Å². The van der Waals surface area contributed by atoms with Crippen LogP contribution in [-0.4, -0.2) is 53.1 Å². The Kier molecular flexibility index (Phi) is 5.56. The number of amides is 1. The van der Waals surface area contributed by atoms with E-state index in [0.717, 1.165) is 31.9 Å². The van der Waals surface area contributed by atoms with Gasteiger partial charge in [-0.15, -0.1) is 0 Å². The smallest absolute Gasteiger partial charge is 0.269 e. The Bertz CT molecular complexity index is 799. The first-order valence-corrected chi connectivity index (χ1v) is 8.77. The predicted octanol–water partition coefficient (Wildman–Crippen LogP) is 2.45. The van der Waals surface area contributed by atoms with E-state index in [0.29, 0.717) is 5.69 Å². The highest BCUT2D eigenvalue weighted by atomic mass is 16.6. The van der Waals surface area contributed by atoms with Crippen molar-refractivity contribution in [2.45, 2.75) is 13.0 Å². The number of hydrogen-bond donors (Lipinski definition) is 2. The van der Waals surface area contributed by atoms with E-state index in [2.05, 4.69) is 15.1 Å². The number of nitro groups is 1. The second kappa shape index (κ2) is 8.05. The number of carbonyl (C=O) groups excluding carboxylic acids is 1. The molecule has 3 rings (SSSR count). The molecule has 1 atom stereocenters. The number of phenols is 1. The largest absolute Gasteiger partial charge is 0.508 e. The minimum Gasteiger partial charge on any atom is -0.508 e. The van der Waals surface area contributed by atoms with Crippen LogP contribution in [0, 0.1) is 10.1 Å². The molecule has 1 saturated heterocycles. The summed E-state index contributed by atoms with van der Waals surface area (Å²) in [5.41, 5.74) is 1.59. The van der Waals surface area contributed by atoms with Crippen LogP contribution in [0.4, 0.5) is 17.1 Å². The Labute approximate surface area is 157 Å². The van der Waals surface area contributed by atoms with Crippen molar-refractivity contribution in [2.24, 2.45) is 0 Å². The average molecular weight is 370 g/mol. The lowest BCUT2D eigenvalue weighted by Crippen LogP contribution is -2.52. The van der Waals surface area contributed by atoms with Crippen LogP contribution in [0.1, 0.15) is 6.92 Å². The van der Waals surface area contributed by atoms with Gasteiger partial charge in [0.05, 0.1) is 11.0 Å². The molecule has 1 aliphatic rings. The van der Waals surface area contributed by atoms with Crippen molar-refractivity contribution in [2.75, 3.05) is 36.4 Å². The average Bonchev–Trinajstić information content (AvgIpc) is 2.68. The van der Waals surface area contributed by atoms with E-state index in [-0.39, 0.29) is 23.4 Å². The van der Waals surface area contributed by atoms with Gasteiger partial charge in [0.2, 0.25) is 5.91 Å². The molecule has 2 N–H and O–H groups in total. The summed E-state index contributed by atoms with van der Waals surface area (Å²) >= 11 is 0. The molecule has 1 heterocycles. The fourth-order valence-corrected chi connectivity index (χ4v) is 3.11. The number of nitro benzene ring substituents is 1. The van der Waals surface area contributed by atoms with Gasteiger partial charge in [0.1, 0.15) is 5.75 Å². The molecular formula is C19H22N4O4.